The summed E-state index contributed by atoms with van der Waals surface area (Å²) in [6, 6.07) is 10.6. The lowest BCUT2D eigenvalue weighted by Gasteiger charge is -2.03. The molecule has 0 aromatic heterocycles. The van der Waals surface area contributed by atoms with Crippen molar-refractivity contribution < 1.29 is 0 Å². The molecule has 0 aliphatic rings. The fraction of sp³-hybridized carbons (Fsp3) is 0.333. The second-order valence-electron chi connectivity index (χ2n) is 2.60. The first-order valence-corrected chi connectivity index (χ1v) is 4.71. The first-order chi connectivity index (χ1) is 5.29. The quantitative estimate of drug-likeness (QED) is 0.698. The molecule has 0 spiro atoms. The van der Waals surface area contributed by atoms with Crippen molar-refractivity contribution in [3.05, 3.63) is 30.3 Å². The van der Waals surface area contributed by atoms with Crippen molar-refractivity contribution in [1.82, 2.24) is 0 Å². The minimum Gasteiger partial charge on any atom is -0.327 e. The Hall–Kier alpha value is -0.470. The van der Waals surface area contributed by atoms with Crippen LogP contribution in [0.4, 0.5) is 0 Å². The average molecular weight is 167 g/mol. The highest BCUT2D eigenvalue weighted by atomic mass is 32.2. The molecule has 2 N–H and O–H groups in total. The molecule has 0 bridgehead atoms. The van der Waals surface area contributed by atoms with Gasteiger partial charge in [0.2, 0.25) is 0 Å². The zero-order valence-corrected chi connectivity index (χ0v) is 7.47. The van der Waals surface area contributed by atoms with Gasteiger partial charge in [0.1, 0.15) is 0 Å². The van der Waals surface area contributed by atoms with Gasteiger partial charge in [0.25, 0.3) is 0 Å². The third kappa shape index (κ3) is 3.44. The van der Waals surface area contributed by atoms with Gasteiger partial charge < -0.3 is 5.73 Å². The van der Waals surface area contributed by atoms with E-state index in [0.29, 0.717) is 0 Å². The van der Waals surface area contributed by atoms with Crippen LogP contribution in [-0.2, 0) is 0 Å². The zero-order valence-electron chi connectivity index (χ0n) is 6.66. The van der Waals surface area contributed by atoms with E-state index in [2.05, 4.69) is 12.1 Å². The second-order valence-corrected chi connectivity index (χ2v) is 3.69. The lowest BCUT2D eigenvalue weighted by atomic mass is 10.4. The van der Waals surface area contributed by atoms with Gasteiger partial charge in [-0.1, -0.05) is 18.2 Å². The maximum atomic E-state index is 5.62. The number of benzene rings is 1. The van der Waals surface area contributed by atoms with Crippen LogP contribution in [0.25, 0.3) is 0 Å². The van der Waals surface area contributed by atoms with Crippen molar-refractivity contribution in [2.45, 2.75) is 17.9 Å². The Balaban J connectivity index is 2.39. The summed E-state index contributed by atoms with van der Waals surface area (Å²) in [5.41, 5.74) is 5.62. The van der Waals surface area contributed by atoms with Gasteiger partial charge >= 0.3 is 0 Å². The number of thioether (sulfide) groups is 1. The van der Waals surface area contributed by atoms with Gasteiger partial charge in [-0.05, 0) is 19.1 Å². The summed E-state index contributed by atoms with van der Waals surface area (Å²) in [5, 5.41) is 0. The van der Waals surface area contributed by atoms with Crippen molar-refractivity contribution in [2.24, 2.45) is 5.73 Å². The molecular weight excluding hydrogens is 154 g/mol. The van der Waals surface area contributed by atoms with Crippen LogP contribution < -0.4 is 5.73 Å². The average Bonchev–Trinajstić information content (AvgIpc) is 2.03. The van der Waals surface area contributed by atoms with Crippen LogP contribution in [0.1, 0.15) is 6.92 Å². The highest BCUT2D eigenvalue weighted by Gasteiger charge is 1.95. The second kappa shape index (κ2) is 4.42. The summed E-state index contributed by atoms with van der Waals surface area (Å²) < 4.78 is 0. The minimum atomic E-state index is 0.278. The molecule has 1 rings (SSSR count). The van der Waals surface area contributed by atoms with Crippen LogP contribution >= 0.6 is 11.8 Å². The standard InChI is InChI=1S/C9H13NS/c1-8(10)7-11-9-5-3-2-4-6-9/h2-6,8H,7,10H2,1H3/t8-/m1/s1. The van der Waals surface area contributed by atoms with E-state index in [1.807, 2.05) is 25.1 Å². The van der Waals surface area contributed by atoms with E-state index in [9.17, 15) is 0 Å². The van der Waals surface area contributed by atoms with Gasteiger partial charge in [-0.25, -0.2) is 0 Å². The van der Waals surface area contributed by atoms with Crippen LogP contribution in [0.3, 0.4) is 0 Å². The number of hydrogen-bond acceptors (Lipinski definition) is 2. The fourth-order valence-electron chi connectivity index (χ4n) is 0.744. The van der Waals surface area contributed by atoms with Gasteiger partial charge in [-0.2, -0.15) is 0 Å². The third-order valence-corrected chi connectivity index (χ3v) is 2.55. The van der Waals surface area contributed by atoms with E-state index in [4.69, 9.17) is 5.73 Å². The van der Waals surface area contributed by atoms with Crippen LogP contribution in [0.2, 0.25) is 0 Å². The zero-order chi connectivity index (χ0) is 8.10. The smallest absolute Gasteiger partial charge is 0.0129 e. The Labute approximate surface area is 72.0 Å². The largest absolute Gasteiger partial charge is 0.327 e. The van der Waals surface area contributed by atoms with Crippen molar-refractivity contribution in [2.75, 3.05) is 5.75 Å². The molecule has 11 heavy (non-hydrogen) atoms. The molecule has 1 nitrogen and oxygen atoms in total. The summed E-state index contributed by atoms with van der Waals surface area (Å²) in [6.45, 7) is 2.02. The molecule has 0 unspecified atom stereocenters. The molecule has 0 saturated heterocycles. The van der Waals surface area contributed by atoms with E-state index in [1.165, 1.54) is 4.90 Å². The third-order valence-electron chi connectivity index (χ3n) is 1.26. The Kier molecular flexibility index (Phi) is 3.46. The maximum Gasteiger partial charge on any atom is 0.0129 e. The maximum absolute atomic E-state index is 5.62. The van der Waals surface area contributed by atoms with Gasteiger partial charge in [-0.15, -0.1) is 11.8 Å². The van der Waals surface area contributed by atoms with Crippen molar-refractivity contribution in [1.29, 1.82) is 0 Å². The molecule has 0 heterocycles. The van der Waals surface area contributed by atoms with E-state index < -0.39 is 0 Å². The monoisotopic (exact) mass is 167 g/mol. The van der Waals surface area contributed by atoms with Crippen molar-refractivity contribution in [3.63, 3.8) is 0 Å². The first kappa shape index (κ1) is 8.62. The molecule has 1 atom stereocenters. The molecule has 0 amide bonds. The predicted molar refractivity (Wildman–Crippen MR) is 50.8 cm³/mol. The highest BCUT2D eigenvalue weighted by Crippen LogP contribution is 2.16. The molecule has 0 aliphatic heterocycles. The summed E-state index contributed by atoms with van der Waals surface area (Å²) in [7, 11) is 0. The molecule has 1 aromatic carbocycles. The highest BCUT2D eigenvalue weighted by molar-refractivity contribution is 7.99. The molecule has 60 valence electrons. The topological polar surface area (TPSA) is 26.0 Å². The molecule has 2 heteroatoms. The lowest BCUT2D eigenvalue weighted by molar-refractivity contribution is 0.847. The summed E-state index contributed by atoms with van der Waals surface area (Å²) >= 11 is 1.80. The summed E-state index contributed by atoms with van der Waals surface area (Å²) in [5.74, 6) is 0.990. The van der Waals surface area contributed by atoms with E-state index in [1.54, 1.807) is 11.8 Å². The predicted octanol–water partition coefficient (Wildman–Crippen LogP) is 2.13. The van der Waals surface area contributed by atoms with E-state index >= 15 is 0 Å². The normalized spacial score (nSPS) is 12.9. The number of hydrogen-bond donors (Lipinski definition) is 1. The molecule has 0 saturated carbocycles. The van der Waals surface area contributed by atoms with Crippen molar-refractivity contribution >= 4 is 11.8 Å². The van der Waals surface area contributed by atoms with Crippen LogP contribution in [0.5, 0.6) is 0 Å². The molecule has 0 radical (unpaired) electrons. The Morgan fingerprint density at radius 1 is 1.36 bits per heavy atom. The van der Waals surface area contributed by atoms with Crippen LogP contribution in [-0.4, -0.2) is 11.8 Å². The van der Waals surface area contributed by atoms with E-state index in [-0.39, 0.29) is 6.04 Å². The SMILES string of the molecule is C[C@@H](N)CSc1ccccc1. The lowest BCUT2D eigenvalue weighted by Crippen LogP contribution is -2.17. The Morgan fingerprint density at radius 2 is 2.00 bits per heavy atom. The fourth-order valence-corrected chi connectivity index (χ4v) is 1.55. The number of nitrogens with two attached hydrogens (primary N) is 1. The molecule has 1 aromatic rings. The number of rotatable bonds is 3. The molecule has 0 aliphatic carbocycles. The van der Waals surface area contributed by atoms with Crippen LogP contribution in [0.15, 0.2) is 35.2 Å². The Morgan fingerprint density at radius 3 is 2.55 bits per heavy atom. The summed E-state index contributed by atoms with van der Waals surface area (Å²) in [6.07, 6.45) is 0. The van der Waals surface area contributed by atoms with Gasteiger partial charge in [0, 0.05) is 16.7 Å². The minimum absolute atomic E-state index is 0.278. The Bertz CT molecular complexity index is 196. The van der Waals surface area contributed by atoms with Crippen LogP contribution in [0, 0.1) is 0 Å². The van der Waals surface area contributed by atoms with E-state index in [0.717, 1.165) is 5.75 Å². The van der Waals surface area contributed by atoms with Gasteiger partial charge in [0.15, 0.2) is 0 Å². The summed E-state index contributed by atoms with van der Waals surface area (Å²) in [4.78, 5) is 1.30. The first-order valence-electron chi connectivity index (χ1n) is 3.72. The van der Waals surface area contributed by atoms with Crippen molar-refractivity contribution in [3.8, 4) is 0 Å². The molecular formula is C9H13NS. The molecule has 0 fully saturated rings. The van der Waals surface area contributed by atoms with Gasteiger partial charge in [-0.3, -0.25) is 0 Å². The van der Waals surface area contributed by atoms with Gasteiger partial charge in [0.05, 0.1) is 0 Å².